The molecule has 1 amide bonds. The highest BCUT2D eigenvalue weighted by Crippen LogP contribution is 2.24. The third-order valence-corrected chi connectivity index (χ3v) is 4.49. The highest BCUT2D eigenvalue weighted by molar-refractivity contribution is 9.10. The zero-order valence-corrected chi connectivity index (χ0v) is 13.0. The predicted molar refractivity (Wildman–Crippen MR) is 83.8 cm³/mol. The normalized spacial score (nSPS) is 10.4. The Labute approximate surface area is 125 Å². The molecule has 0 aliphatic heterocycles. The van der Waals surface area contributed by atoms with E-state index in [-0.39, 0.29) is 5.91 Å². The van der Waals surface area contributed by atoms with Crippen LogP contribution >= 0.6 is 27.3 Å². The molecule has 0 fully saturated rings. The molecule has 100 valence electrons. The number of rotatable bonds is 5. The second-order valence-corrected chi connectivity index (χ2v) is 5.76. The standard InChI is InChI=1S/C14H15BrN2OS/c1-2-16-9-10-5-3-4-6-12(10)17-14(18)13-11(15)7-8-19-13/h3-8,16H,2,9H2,1H3,(H,17,18). The van der Waals surface area contributed by atoms with E-state index in [9.17, 15) is 4.79 Å². The number of hydrogen-bond donors (Lipinski definition) is 2. The van der Waals surface area contributed by atoms with Crippen molar-refractivity contribution < 1.29 is 4.79 Å². The van der Waals surface area contributed by atoms with Crippen LogP contribution in [0.1, 0.15) is 22.2 Å². The summed E-state index contributed by atoms with van der Waals surface area (Å²) in [6.07, 6.45) is 0. The maximum Gasteiger partial charge on any atom is 0.266 e. The number of nitrogens with one attached hydrogen (secondary N) is 2. The van der Waals surface area contributed by atoms with Crippen LogP contribution in [0.4, 0.5) is 5.69 Å². The van der Waals surface area contributed by atoms with Crippen LogP contribution in [-0.4, -0.2) is 12.5 Å². The van der Waals surface area contributed by atoms with Gasteiger partial charge < -0.3 is 10.6 Å². The molecule has 0 unspecified atom stereocenters. The van der Waals surface area contributed by atoms with Gasteiger partial charge in [-0.3, -0.25) is 4.79 Å². The van der Waals surface area contributed by atoms with Crippen LogP contribution in [0.5, 0.6) is 0 Å². The molecule has 3 nitrogen and oxygen atoms in total. The number of halogens is 1. The Morgan fingerprint density at radius 1 is 1.32 bits per heavy atom. The lowest BCUT2D eigenvalue weighted by Crippen LogP contribution is -2.16. The van der Waals surface area contributed by atoms with E-state index in [4.69, 9.17) is 0 Å². The highest BCUT2D eigenvalue weighted by atomic mass is 79.9. The first-order valence-corrected chi connectivity index (χ1v) is 7.72. The van der Waals surface area contributed by atoms with E-state index in [0.29, 0.717) is 4.88 Å². The summed E-state index contributed by atoms with van der Waals surface area (Å²) in [5, 5.41) is 8.12. The Morgan fingerprint density at radius 3 is 2.79 bits per heavy atom. The lowest BCUT2D eigenvalue weighted by atomic mass is 10.1. The Hall–Kier alpha value is -1.17. The SMILES string of the molecule is CCNCc1ccccc1NC(=O)c1sccc1Br. The molecule has 0 spiro atoms. The van der Waals surface area contributed by atoms with Gasteiger partial charge in [0.25, 0.3) is 5.91 Å². The van der Waals surface area contributed by atoms with Gasteiger partial charge in [-0.1, -0.05) is 25.1 Å². The monoisotopic (exact) mass is 338 g/mol. The van der Waals surface area contributed by atoms with Crippen molar-refractivity contribution in [3.63, 3.8) is 0 Å². The second kappa shape index (κ2) is 6.84. The van der Waals surface area contributed by atoms with Crippen LogP contribution in [0, 0.1) is 0 Å². The fraction of sp³-hybridized carbons (Fsp3) is 0.214. The Balaban J connectivity index is 2.15. The zero-order valence-electron chi connectivity index (χ0n) is 10.6. The van der Waals surface area contributed by atoms with E-state index in [1.54, 1.807) is 0 Å². The van der Waals surface area contributed by atoms with Gasteiger partial charge in [0.15, 0.2) is 0 Å². The van der Waals surface area contributed by atoms with E-state index >= 15 is 0 Å². The molecule has 2 aromatic rings. The molecule has 0 aliphatic rings. The number of carbonyl (C=O) groups excluding carboxylic acids is 1. The molecule has 1 aromatic heterocycles. The molecule has 19 heavy (non-hydrogen) atoms. The molecular weight excluding hydrogens is 324 g/mol. The van der Waals surface area contributed by atoms with Gasteiger partial charge in [0.2, 0.25) is 0 Å². The first-order chi connectivity index (χ1) is 9.22. The van der Waals surface area contributed by atoms with Gasteiger partial charge in [0.1, 0.15) is 4.88 Å². The van der Waals surface area contributed by atoms with E-state index in [1.165, 1.54) is 11.3 Å². The summed E-state index contributed by atoms with van der Waals surface area (Å²) in [5.41, 5.74) is 1.94. The largest absolute Gasteiger partial charge is 0.321 e. The minimum atomic E-state index is -0.0779. The number of thiophene rings is 1. The molecule has 0 saturated heterocycles. The fourth-order valence-corrected chi connectivity index (χ4v) is 3.14. The molecule has 1 heterocycles. The summed E-state index contributed by atoms with van der Waals surface area (Å²) in [5.74, 6) is -0.0779. The number of carbonyl (C=O) groups is 1. The average molecular weight is 339 g/mol. The lowest BCUT2D eigenvalue weighted by Gasteiger charge is -2.11. The van der Waals surface area contributed by atoms with Gasteiger partial charge in [0, 0.05) is 16.7 Å². The minimum absolute atomic E-state index is 0.0779. The highest BCUT2D eigenvalue weighted by Gasteiger charge is 2.13. The van der Waals surface area contributed by atoms with Crippen molar-refractivity contribution >= 4 is 38.9 Å². The minimum Gasteiger partial charge on any atom is -0.321 e. The van der Waals surface area contributed by atoms with Crippen LogP contribution in [0.15, 0.2) is 40.2 Å². The molecule has 0 bridgehead atoms. The van der Waals surface area contributed by atoms with Crippen LogP contribution in [0.3, 0.4) is 0 Å². The van der Waals surface area contributed by atoms with E-state index in [1.807, 2.05) is 35.7 Å². The number of benzene rings is 1. The number of para-hydroxylation sites is 1. The number of anilines is 1. The lowest BCUT2D eigenvalue weighted by molar-refractivity contribution is 0.103. The molecule has 0 aliphatic carbocycles. The van der Waals surface area contributed by atoms with E-state index in [2.05, 4.69) is 33.5 Å². The van der Waals surface area contributed by atoms with Gasteiger partial charge in [-0.25, -0.2) is 0 Å². The Kier molecular flexibility index (Phi) is 5.13. The molecule has 1 aromatic carbocycles. The average Bonchev–Trinajstić information content (AvgIpc) is 2.84. The van der Waals surface area contributed by atoms with Crippen molar-refractivity contribution in [2.45, 2.75) is 13.5 Å². The molecule has 5 heteroatoms. The number of amides is 1. The smallest absolute Gasteiger partial charge is 0.266 e. The van der Waals surface area contributed by atoms with Crippen molar-refractivity contribution in [2.24, 2.45) is 0 Å². The van der Waals surface area contributed by atoms with Crippen LogP contribution in [-0.2, 0) is 6.54 Å². The van der Waals surface area contributed by atoms with Gasteiger partial charge in [-0.15, -0.1) is 11.3 Å². The quantitative estimate of drug-likeness (QED) is 0.868. The van der Waals surface area contributed by atoms with Crippen molar-refractivity contribution in [1.82, 2.24) is 5.32 Å². The summed E-state index contributed by atoms with van der Waals surface area (Å²) in [6.45, 7) is 3.71. The van der Waals surface area contributed by atoms with Crippen LogP contribution in [0.2, 0.25) is 0 Å². The maximum absolute atomic E-state index is 12.2. The summed E-state index contributed by atoms with van der Waals surface area (Å²) in [7, 11) is 0. The van der Waals surface area contributed by atoms with Crippen LogP contribution in [0.25, 0.3) is 0 Å². The molecular formula is C14H15BrN2OS. The van der Waals surface area contributed by atoms with Crippen molar-refractivity contribution in [1.29, 1.82) is 0 Å². The molecule has 2 rings (SSSR count). The first-order valence-electron chi connectivity index (χ1n) is 6.05. The fourth-order valence-electron chi connectivity index (χ4n) is 1.69. The van der Waals surface area contributed by atoms with Gasteiger partial charge in [-0.2, -0.15) is 0 Å². The predicted octanol–water partition coefficient (Wildman–Crippen LogP) is 3.87. The van der Waals surface area contributed by atoms with Gasteiger partial charge >= 0.3 is 0 Å². The molecule has 0 radical (unpaired) electrons. The number of hydrogen-bond acceptors (Lipinski definition) is 3. The zero-order chi connectivity index (χ0) is 13.7. The Morgan fingerprint density at radius 2 is 2.11 bits per heavy atom. The van der Waals surface area contributed by atoms with Crippen molar-refractivity contribution in [2.75, 3.05) is 11.9 Å². The van der Waals surface area contributed by atoms with E-state index < -0.39 is 0 Å². The second-order valence-electron chi connectivity index (χ2n) is 3.99. The topological polar surface area (TPSA) is 41.1 Å². The van der Waals surface area contributed by atoms with E-state index in [0.717, 1.165) is 28.8 Å². The molecule has 2 N–H and O–H groups in total. The van der Waals surface area contributed by atoms with Gasteiger partial charge in [-0.05, 0) is 45.6 Å². The van der Waals surface area contributed by atoms with Gasteiger partial charge in [0.05, 0.1) is 0 Å². The first kappa shape index (κ1) is 14.2. The summed E-state index contributed by atoms with van der Waals surface area (Å²) in [4.78, 5) is 12.9. The molecule has 0 atom stereocenters. The maximum atomic E-state index is 12.2. The van der Waals surface area contributed by atoms with Crippen molar-refractivity contribution in [3.8, 4) is 0 Å². The summed E-state index contributed by atoms with van der Waals surface area (Å²) < 4.78 is 0.833. The third kappa shape index (κ3) is 3.65. The van der Waals surface area contributed by atoms with Crippen LogP contribution < -0.4 is 10.6 Å². The third-order valence-electron chi connectivity index (χ3n) is 2.65. The van der Waals surface area contributed by atoms with Crippen molar-refractivity contribution in [3.05, 3.63) is 50.6 Å². The summed E-state index contributed by atoms with van der Waals surface area (Å²) >= 11 is 4.80. The molecule has 0 saturated carbocycles. The summed E-state index contributed by atoms with van der Waals surface area (Å²) in [6, 6.07) is 9.72. The Bertz CT molecular complexity index is 568.